The number of nitrogens with two attached hydrogens (primary N) is 1. The summed E-state index contributed by atoms with van der Waals surface area (Å²) in [5.74, 6) is 1.00. The number of aryl methyl sites for hydroxylation is 1. The SMILES string of the molecule is COc1ccc(OC)c(Nc2cc(C)c(F)cc2N)c1. The highest BCUT2D eigenvalue weighted by Gasteiger charge is 2.09. The van der Waals surface area contributed by atoms with Gasteiger partial charge < -0.3 is 20.5 Å². The lowest BCUT2D eigenvalue weighted by atomic mass is 10.1. The number of hydrogen-bond donors (Lipinski definition) is 2. The molecule has 0 bridgehead atoms. The first-order chi connectivity index (χ1) is 9.55. The highest BCUT2D eigenvalue weighted by Crippen LogP contribution is 2.34. The van der Waals surface area contributed by atoms with Crippen LogP contribution < -0.4 is 20.5 Å². The maximum absolute atomic E-state index is 13.4. The van der Waals surface area contributed by atoms with Gasteiger partial charge in [0.15, 0.2) is 0 Å². The van der Waals surface area contributed by atoms with Crippen LogP contribution in [0.3, 0.4) is 0 Å². The molecular formula is C15H17FN2O2. The van der Waals surface area contributed by atoms with Gasteiger partial charge in [0.1, 0.15) is 17.3 Å². The maximum Gasteiger partial charge on any atom is 0.142 e. The molecule has 0 unspecified atom stereocenters. The lowest BCUT2D eigenvalue weighted by molar-refractivity contribution is 0.405. The molecule has 106 valence electrons. The van der Waals surface area contributed by atoms with E-state index in [1.807, 2.05) is 0 Å². The zero-order valence-corrected chi connectivity index (χ0v) is 11.7. The molecule has 0 atom stereocenters. The van der Waals surface area contributed by atoms with Crippen LogP contribution in [0.15, 0.2) is 30.3 Å². The van der Waals surface area contributed by atoms with Crippen molar-refractivity contribution < 1.29 is 13.9 Å². The predicted molar refractivity (Wildman–Crippen MR) is 78.4 cm³/mol. The van der Waals surface area contributed by atoms with E-state index in [9.17, 15) is 4.39 Å². The predicted octanol–water partition coefficient (Wildman–Crippen LogP) is 3.48. The number of nitrogens with one attached hydrogen (secondary N) is 1. The monoisotopic (exact) mass is 276 g/mol. The lowest BCUT2D eigenvalue weighted by Gasteiger charge is -2.15. The number of nitrogen functional groups attached to an aromatic ring is 1. The zero-order chi connectivity index (χ0) is 14.7. The molecule has 0 amide bonds. The molecule has 0 heterocycles. The molecule has 0 saturated carbocycles. The molecule has 0 radical (unpaired) electrons. The van der Waals surface area contributed by atoms with Crippen molar-refractivity contribution in [3.8, 4) is 11.5 Å². The molecule has 20 heavy (non-hydrogen) atoms. The van der Waals surface area contributed by atoms with E-state index in [1.54, 1.807) is 45.4 Å². The standard InChI is InChI=1S/C15H17FN2O2/c1-9-6-13(12(17)8-11(9)16)18-14-7-10(19-2)4-5-15(14)20-3/h4-8,18H,17H2,1-3H3. The Morgan fingerprint density at radius 2 is 1.80 bits per heavy atom. The highest BCUT2D eigenvalue weighted by molar-refractivity contribution is 5.76. The van der Waals surface area contributed by atoms with Crippen LogP contribution in [-0.4, -0.2) is 14.2 Å². The molecule has 4 nitrogen and oxygen atoms in total. The van der Waals surface area contributed by atoms with Crippen LogP contribution in [0.4, 0.5) is 21.5 Å². The largest absolute Gasteiger partial charge is 0.497 e. The maximum atomic E-state index is 13.4. The van der Waals surface area contributed by atoms with Gasteiger partial charge in [-0.25, -0.2) is 4.39 Å². The van der Waals surface area contributed by atoms with Crippen molar-refractivity contribution in [3.05, 3.63) is 41.7 Å². The number of rotatable bonds is 4. The summed E-state index contributed by atoms with van der Waals surface area (Å²) in [6.45, 7) is 1.68. The van der Waals surface area contributed by atoms with Crippen LogP contribution in [0.1, 0.15) is 5.56 Å². The van der Waals surface area contributed by atoms with Gasteiger partial charge in [0.2, 0.25) is 0 Å². The molecule has 0 aliphatic heterocycles. The fourth-order valence-corrected chi connectivity index (χ4v) is 1.86. The summed E-state index contributed by atoms with van der Waals surface area (Å²) in [7, 11) is 3.16. The fraction of sp³-hybridized carbons (Fsp3) is 0.200. The minimum Gasteiger partial charge on any atom is -0.497 e. The normalized spacial score (nSPS) is 10.2. The van der Waals surface area contributed by atoms with Crippen molar-refractivity contribution in [2.45, 2.75) is 6.92 Å². The van der Waals surface area contributed by atoms with Gasteiger partial charge in [-0.15, -0.1) is 0 Å². The molecule has 2 aromatic carbocycles. The molecule has 5 heteroatoms. The van der Waals surface area contributed by atoms with Gasteiger partial charge >= 0.3 is 0 Å². The molecule has 0 saturated heterocycles. The second-order valence-electron chi connectivity index (χ2n) is 4.38. The molecule has 2 aromatic rings. The summed E-state index contributed by atoms with van der Waals surface area (Å²) < 4.78 is 23.9. The second kappa shape index (κ2) is 5.69. The van der Waals surface area contributed by atoms with Crippen molar-refractivity contribution in [2.24, 2.45) is 0 Å². The van der Waals surface area contributed by atoms with Crippen LogP contribution >= 0.6 is 0 Å². The topological polar surface area (TPSA) is 56.5 Å². The fourth-order valence-electron chi connectivity index (χ4n) is 1.86. The number of anilines is 3. The third-order valence-corrected chi connectivity index (χ3v) is 3.01. The molecule has 0 aromatic heterocycles. The highest BCUT2D eigenvalue weighted by atomic mass is 19.1. The Labute approximate surface area is 117 Å². The van der Waals surface area contributed by atoms with Crippen molar-refractivity contribution in [2.75, 3.05) is 25.3 Å². The molecule has 0 spiro atoms. The van der Waals surface area contributed by atoms with Crippen molar-refractivity contribution >= 4 is 17.1 Å². The first-order valence-corrected chi connectivity index (χ1v) is 6.10. The van der Waals surface area contributed by atoms with Crippen LogP contribution in [0.2, 0.25) is 0 Å². The van der Waals surface area contributed by atoms with Crippen LogP contribution in [-0.2, 0) is 0 Å². The van der Waals surface area contributed by atoms with Crippen LogP contribution in [0, 0.1) is 12.7 Å². The molecule has 0 aliphatic carbocycles. The van der Waals surface area contributed by atoms with E-state index in [-0.39, 0.29) is 5.82 Å². The summed E-state index contributed by atoms with van der Waals surface area (Å²) in [4.78, 5) is 0. The van der Waals surface area contributed by atoms with Gasteiger partial charge in [-0.05, 0) is 36.8 Å². The van der Waals surface area contributed by atoms with Gasteiger partial charge in [-0.2, -0.15) is 0 Å². The van der Waals surface area contributed by atoms with Crippen molar-refractivity contribution in [3.63, 3.8) is 0 Å². The second-order valence-corrected chi connectivity index (χ2v) is 4.38. The Morgan fingerprint density at radius 1 is 1.05 bits per heavy atom. The lowest BCUT2D eigenvalue weighted by Crippen LogP contribution is -2.00. The third-order valence-electron chi connectivity index (χ3n) is 3.01. The van der Waals surface area contributed by atoms with Gasteiger partial charge in [0.25, 0.3) is 0 Å². The minimum atomic E-state index is -0.328. The van der Waals surface area contributed by atoms with Crippen molar-refractivity contribution in [1.29, 1.82) is 0 Å². The van der Waals surface area contributed by atoms with Gasteiger partial charge in [0.05, 0.1) is 31.3 Å². The van der Waals surface area contributed by atoms with E-state index in [4.69, 9.17) is 15.2 Å². The van der Waals surface area contributed by atoms with Gasteiger partial charge in [-0.1, -0.05) is 0 Å². The molecule has 0 aliphatic rings. The molecule has 3 N–H and O–H groups in total. The summed E-state index contributed by atoms with van der Waals surface area (Å²) in [6, 6.07) is 8.32. The van der Waals surface area contributed by atoms with E-state index in [2.05, 4.69) is 5.32 Å². The first kappa shape index (κ1) is 14.0. The van der Waals surface area contributed by atoms with Gasteiger partial charge in [-0.3, -0.25) is 0 Å². The van der Waals surface area contributed by atoms with Crippen LogP contribution in [0.5, 0.6) is 11.5 Å². The average Bonchev–Trinajstić information content (AvgIpc) is 2.44. The Hall–Kier alpha value is -2.43. The quantitative estimate of drug-likeness (QED) is 0.839. The zero-order valence-electron chi connectivity index (χ0n) is 11.7. The summed E-state index contributed by atoms with van der Waals surface area (Å²) in [6.07, 6.45) is 0. The van der Waals surface area contributed by atoms with E-state index < -0.39 is 0 Å². The van der Waals surface area contributed by atoms with Crippen molar-refractivity contribution in [1.82, 2.24) is 0 Å². The number of hydrogen-bond acceptors (Lipinski definition) is 4. The summed E-state index contributed by atoms with van der Waals surface area (Å²) in [5, 5.41) is 3.14. The molecular weight excluding hydrogens is 259 g/mol. The Morgan fingerprint density at radius 3 is 2.45 bits per heavy atom. The smallest absolute Gasteiger partial charge is 0.142 e. The van der Waals surface area contributed by atoms with E-state index in [1.165, 1.54) is 6.07 Å². The molecule has 2 rings (SSSR count). The van der Waals surface area contributed by atoms with E-state index in [0.29, 0.717) is 34.1 Å². The Balaban J connectivity index is 2.41. The van der Waals surface area contributed by atoms with E-state index >= 15 is 0 Å². The van der Waals surface area contributed by atoms with E-state index in [0.717, 1.165) is 0 Å². The van der Waals surface area contributed by atoms with Crippen LogP contribution in [0.25, 0.3) is 0 Å². The third kappa shape index (κ3) is 2.77. The Kier molecular flexibility index (Phi) is 3.98. The first-order valence-electron chi connectivity index (χ1n) is 6.10. The summed E-state index contributed by atoms with van der Waals surface area (Å²) in [5.41, 5.74) is 7.99. The molecule has 0 fully saturated rings. The number of ether oxygens (including phenoxy) is 2. The Bertz CT molecular complexity index is 630. The summed E-state index contributed by atoms with van der Waals surface area (Å²) >= 11 is 0. The number of benzene rings is 2. The number of methoxy groups -OCH3 is 2. The van der Waals surface area contributed by atoms with Gasteiger partial charge in [0, 0.05) is 6.07 Å². The number of halogens is 1. The average molecular weight is 276 g/mol. The minimum absolute atomic E-state index is 0.328.